The molecule has 0 aromatic rings. The summed E-state index contributed by atoms with van der Waals surface area (Å²) in [5, 5.41) is 0. The van der Waals surface area contributed by atoms with Crippen molar-refractivity contribution in [2.75, 3.05) is 0 Å². The zero-order chi connectivity index (χ0) is 13.6. The average molecular weight is 391 g/mol. The molecule has 0 aromatic carbocycles. The first kappa shape index (κ1) is 20.3. The van der Waals surface area contributed by atoms with Crippen LogP contribution in [0.25, 0.3) is 0 Å². The summed E-state index contributed by atoms with van der Waals surface area (Å²) >= 11 is -1.78. The summed E-state index contributed by atoms with van der Waals surface area (Å²) in [7, 11) is 0. The smallest absolute Gasteiger partial charge is 1.00 e. The Labute approximate surface area is 144 Å². The molecule has 0 aliphatic heterocycles. The number of hydrogen-bond acceptors (Lipinski definition) is 0. The van der Waals surface area contributed by atoms with Gasteiger partial charge in [0.1, 0.15) is 0 Å². The van der Waals surface area contributed by atoms with Crippen LogP contribution in [0, 0.1) is 0 Å². The second kappa shape index (κ2) is 7.52. The summed E-state index contributed by atoms with van der Waals surface area (Å²) in [5.74, 6) is 0. The maximum absolute atomic E-state index is 4.67. The monoisotopic (exact) mass is 388 g/mol. The number of allylic oxidation sites excluding steroid dienone is 8. The molecule has 0 heterocycles. The molecule has 20 heavy (non-hydrogen) atoms. The van der Waals surface area contributed by atoms with E-state index in [0.29, 0.717) is 0 Å². The van der Waals surface area contributed by atoms with Crippen LogP contribution in [0.3, 0.4) is 0 Å². The first-order valence-corrected chi connectivity index (χ1v) is 11.0. The van der Waals surface area contributed by atoms with E-state index in [9.17, 15) is 0 Å². The summed E-state index contributed by atoms with van der Waals surface area (Å²) in [4.78, 5) is 0. The van der Waals surface area contributed by atoms with Crippen LogP contribution in [0.5, 0.6) is 0 Å². The average Bonchev–Trinajstić information content (AvgIpc) is 2.74. The van der Waals surface area contributed by atoms with Crippen molar-refractivity contribution in [2.45, 2.75) is 54.4 Å². The SMILES string of the molecule is [CH2]=[Zr+2]([C]1=C(C)C(C)=C(C)C1)[C]1=C(C)C(C)=C(C)C1.[Cl-].[Cl-]. The van der Waals surface area contributed by atoms with Gasteiger partial charge in [0.2, 0.25) is 0 Å². The molecule has 0 N–H and O–H groups in total. The molecule has 0 spiro atoms. The first-order valence-electron chi connectivity index (χ1n) is 6.77. The Kier molecular flexibility index (Phi) is 7.63. The van der Waals surface area contributed by atoms with E-state index in [0.717, 1.165) is 0 Å². The van der Waals surface area contributed by atoms with Crippen molar-refractivity contribution in [1.29, 1.82) is 0 Å². The molecule has 0 atom stereocenters. The van der Waals surface area contributed by atoms with E-state index in [1.54, 1.807) is 28.9 Å². The summed E-state index contributed by atoms with van der Waals surface area (Å²) in [6.45, 7) is 13.7. The Bertz CT molecular complexity index is 522. The van der Waals surface area contributed by atoms with Gasteiger partial charge in [0.15, 0.2) is 0 Å². The Hall–Kier alpha value is 0.293. The molecular formula is C17H24Cl2Zr. The molecule has 0 aromatic heterocycles. The van der Waals surface area contributed by atoms with Crippen molar-refractivity contribution < 1.29 is 46.1 Å². The predicted molar refractivity (Wildman–Crippen MR) is 78.5 cm³/mol. The fraction of sp³-hybridized carbons (Fsp3) is 0.471. The van der Waals surface area contributed by atoms with Gasteiger partial charge in [-0.05, 0) is 0 Å². The molecule has 0 fully saturated rings. The quantitative estimate of drug-likeness (QED) is 0.572. The van der Waals surface area contributed by atoms with Crippen LogP contribution >= 0.6 is 0 Å². The van der Waals surface area contributed by atoms with Crippen LogP contribution in [-0.2, 0) is 21.3 Å². The number of halogens is 2. The molecule has 3 heteroatoms. The molecule has 0 saturated carbocycles. The maximum Gasteiger partial charge on any atom is -1.00 e. The molecule has 2 aliphatic carbocycles. The van der Waals surface area contributed by atoms with Gasteiger partial charge in [-0.15, -0.1) is 0 Å². The Morgan fingerprint density at radius 3 is 1.15 bits per heavy atom. The zero-order valence-electron chi connectivity index (χ0n) is 13.4. The maximum atomic E-state index is 4.67. The zero-order valence-corrected chi connectivity index (χ0v) is 17.3. The van der Waals surface area contributed by atoms with Crippen LogP contribution < -0.4 is 24.8 Å². The summed E-state index contributed by atoms with van der Waals surface area (Å²) in [6, 6.07) is 0. The topological polar surface area (TPSA) is 0 Å². The van der Waals surface area contributed by atoms with E-state index in [2.05, 4.69) is 45.8 Å². The third kappa shape index (κ3) is 3.37. The normalized spacial score (nSPS) is 18.2. The van der Waals surface area contributed by atoms with Gasteiger partial charge in [-0.25, -0.2) is 0 Å². The summed E-state index contributed by atoms with van der Waals surface area (Å²) < 4.78 is 8.15. The predicted octanol–water partition coefficient (Wildman–Crippen LogP) is -0.927. The van der Waals surface area contributed by atoms with Gasteiger partial charge in [0.25, 0.3) is 0 Å². The van der Waals surface area contributed by atoms with E-state index in [-0.39, 0.29) is 24.8 Å². The van der Waals surface area contributed by atoms with Crippen LogP contribution in [0.4, 0.5) is 0 Å². The summed E-state index contributed by atoms with van der Waals surface area (Å²) in [6.07, 6.45) is 2.43. The van der Waals surface area contributed by atoms with E-state index < -0.39 is 21.3 Å². The molecule has 0 saturated heterocycles. The molecule has 0 amide bonds. The van der Waals surface area contributed by atoms with Crippen LogP contribution in [-0.4, -0.2) is 4.21 Å². The van der Waals surface area contributed by atoms with Gasteiger partial charge < -0.3 is 24.8 Å². The number of hydrogen-bond donors (Lipinski definition) is 0. The first-order chi connectivity index (χ1) is 8.34. The van der Waals surface area contributed by atoms with Crippen molar-refractivity contribution in [3.63, 3.8) is 0 Å². The molecule has 2 rings (SSSR count). The molecule has 2 aliphatic rings. The van der Waals surface area contributed by atoms with Gasteiger partial charge in [-0.1, -0.05) is 0 Å². The largest absolute Gasteiger partial charge is 1.00 e. The van der Waals surface area contributed by atoms with E-state index in [4.69, 9.17) is 0 Å². The van der Waals surface area contributed by atoms with Crippen molar-refractivity contribution >= 4 is 4.21 Å². The van der Waals surface area contributed by atoms with Gasteiger partial charge in [-0.3, -0.25) is 0 Å². The second-order valence-electron chi connectivity index (χ2n) is 5.85. The minimum absolute atomic E-state index is 0. The Balaban J connectivity index is 0.00000180. The number of rotatable bonds is 2. The fourth-order valence-corrected chi connectivity index (χ4v) is 9.40. The van der Waals surface area contributed by atoms with E-state index in [1.807, 2.05) is 0 Å². The fourth-order valence-electron chi connectivity index (χ4n) is 3.00. The van der Waals surface area contributed by atoms with Crippen LogP contribution in [0.15, 0.2) is 40.0 Å². The van der Waals surface area contributed by atoms with E-state index >= 15 is 0 Å². The molecule has 0 radical (unpaired) electrons. The van der Waals surface area contributed by atoms with Gasteiger partial charge in [-0.2, -0.15) is 0 Å². The molecule has 0 nitrogen and oxygen atoms in total. The van der Waals surface area contributed by atoms with Crippen molar-refractivity contribution in [1.82, 2.24) is 0 Å². The van der Waals surface area contributed by atoms with Gasteiger partial charge in [0.05, 0.1) is 0 Å². The molecule has 0 unspecified atom stereocenters. The van der Waals surface area contributed by atoms with Crippen molar-refractivity contribution in [3.05, 3.63) is 40.0 Å². The van der Waals surface area contributed by atoms with Crippen molar-refractivity contribution in [2.24, 2.45) is 0 Å². The Morgan fingerprint density at radius 2 is 0.950 bits per heavy atom. The van der Waals surface area contributed by atoms with E-state index in [1.165, 1.54) is 24.0 Å². The third-order valence-electron chi connectivity index (χ3n) is 4.92. The van der Waals surface area contributed by atoms with Gasteiger partial charge >= 0.3 is 120 Å². The third-order valence-corrected chi connectivity index (χ3v) is 11.2. The Morgan fingerprint density at radius 1 is 0.650 bits per heavy atom. The van der Waals surface area contributed by atoms with Crippen LogP contribution in [0.1, 0.15) is 54.4 Å². The standard InChI is InChI=1S/2C8H11.CH2.2ClH.Zr/c2*1-6-4-5-7(2)8(6)3;;;;/h2*4H2,1-3H3;1H2;2*1H;/q;;;;;+2/p-2. The second-order valence-corrected chi connectivity index (χ2v) is 11.2. The van der Waals surface area contributed by atoms with Crippen molar-refractivity contribution in [3.8, 4) is 0 Å². The minimum atomic E-state index is -1.78. The molecular weight excluding hydrogens is 366 g/mol. The van der Waals surface area contributed by atoms with Crippen LogP contribution in [0.2, 0.25) is 0 Å². The van der Waals surface area contributed by atoms with Gasteiger partial charge in [0, 0.05) is 0 Å². The summed E-state index contributed by atoms with van der Waals surface area (Å²) in [5.41, 5.74) is 9.34. The molecule has 0 bridgehead atoms. The molecule has 110 valence electrons. The minimum Gasteiger partial charge on any atom is -1.00 e.